The molecule has 0 aliphatic carbocycles. The molecule has 0 unspecified atom stereocenters. The standard InChI is InChI=1S/C19H19F2N5O5S/c1-26(11-22)18(28)14(25-17(27)13-6-4-8-24-16(13)23)10-32(29,30)9-12-5-2-3-7-15(12)31-19(20)21/h2-8,14,19H,9-10H2,1H3,(H2,23,24)(H,25,27)/t14-/m0/s1. The lowest BCUT2D eigenvalue weighted by Gasteiger charge is -2.20. The summed E-state index contributed by atoms with van der Waals surface area (Å²) < 4.78 is 55.1. The highest BCUT2D eigenvalue weighted by Gasteiger charge is 2.31. The normalized spacial score (nSPS) is 12.0. The second-order valence-corrected chi connectivity index (χ2v) is 8.61. The number of hydrogen-bond donors (Lipinski definition) is 2. The number of nitrogens with one attached hydrogen (secondary N) is 1. The number of hydrogen-bond acceptors (Lipinski definition) is 8. The number of ether oxygens (including phenoxy) is 1. The largest absolute Gasteiger partial charge is 0.435 e. The van der Waals surface area contributed by atoms with E-state index in [2.05, 4.69) is 15.0 Å². The van der Waals surface area contributed by atoms with E-state index in [9.17, 15) is 26.8 Å². The van der Waals surface area contributed by atoms with Gasteiger partial charge in [-0.1, -0.05) is 18.2 Å². The Kier molecular flexibility index (Phi) is 8.03. The van der Waals surface area contributed by atoms with Crippen LogP contribution in [0.15, 0.2) is 42.6 Å². The molecule has 2 amide bonds. The van der Waals surface area contributed by atoms with Crippen molar-refractivity contribution in [1.29, 1.82) is 5.26 Å². The number of para-hydroxylation sites is 1. The summed E-state index contributed by atoms with van der Waals surface area (Å²) in [5.41, 5.74) is 5.47. The van der Waals surface area contributed by atoms with Crippen molar-refractivity contribution >= 4 is 27.5 Å². The summed E-state index contributed by atoms with van der Waals surface area (Å²) in [7, 11) is -3.06. The Balaban J connectivity index is 2.29. The SMILES string of the molecule is CN(C#N)C(=O)[C@H](CS(=O)(=O)Cc1ccccc1OC(F)F)NC(=O)c1cccnc1N. The molecular weight excluding hydrogens is 448 g/mol. The van der Waals surface area contributed by atoms with Crippen molar-refractivity contribution in [2.24, 2.45) is 0 Å². The number of halogens is 2. The summed E-state index contributed by atoms with van der Waals surface area (Å²) in [6.07, 6.45) is 2.87. The van der Waals surface area contributed by atoms with Gasteiger partial charge < -0.3 is 15.8 Å². The van der Waals surface area contributed by atoms with Crippen LogP contribution < -0.4 is 15.8 Å². The van der Waals surface area contributed by atoms with Crippen molar-refractivity contribution in [2.75, 3.05) is 18.5 Å². The average Bonchev–Trinajstić information content (AvgIpc) is 2.73. The topological polar surface area (TPSA) is 155 Å². The number of likely N-dealkylation sites (N-methyl/N-ethyl adjacent to an activating group) is 1. The summed E-state index contributed by atoms with van der Waals surface area (Å²) in [5.74, 6) is -4.02. The lowest BCUT2D eigenvalue weighted by molar-refractivity contribution is -0.128. The molecule has 1 aromatic carbocycles. The van der Waals surface area contributed by atoms with Gasteiger partial charge >= 0.3 is 6.61 Å². The number of sulfone groups is 1. The molecule has 0 saturated heterocycles. The number of nitrogens with two attached hydrogens (primary N) is 1. The third-order valence-corrected chi connectivity index (χ3v) is 5.74. The van der Waals surface area contributed by atoms with Gasteiger partial charge in [-0.05, 0) is 18.2 Å². The number of alkyl halides is 2. The van der Waals surface area contributed by atoms with Crippen LogP contribution in [0.4, 0.5) is 14.6 Å². The maximum absolute atomic E-state index is 12.8. The third-order valence-electron chi connectivity index (χ3n) is 4.15. The van der Waals surface area contributed by atoms with E-state index in [1.807, 2.05) is 0 Å². The van der Waals surface area contributed by atoms with Gasteiger partial charge in [-0.3, -0.25) is 14.5 Å². The van der Waals surface area contributed by atoms with E-state index in [-0.39, 0.29) is 22.7 Å². The highest BCUT2D eigenvalue weighted by atomic mass is 32.2. The maximum Gasteiger partial charge on any atom is 0.387 e. The lowest BCUT2D eigenvalue weighted by Crippen LogP contribution is -2.50. The van der Waals surface area contributed by atoms with Gasteiger partial charge in [-0.2, -0.15) is 14.0 Å². The molecule has 0 radical (unpaired) electrons. The van der Waals surface area contributed by atoms with Crippen molar-refractivity contribution in [1.82, 2.24) is 15.2 Å². The molecule has 10 nitrogen and oxygen atoms in total. The number of aromatic nitrogens is 1. The first-order chi connectivity index (χ1) is 15.0. The second kappa shape index (κ2) is 10.5. The highest BCUT2D eigenvalue weighted by Crippen LogP contribution is 2.23. The molecule has 0 saturated carbocycles. The van der Waals surface area contributed by atoms with Crippen LogP contribution in [-0.4, -0.2) is 55.6 Å². The average molecular weight is 467 g/mol. The molecule has 32 heavy (non-hydrogen) atoms. The number of nitrogens with zero attached hydrogens (tertiary/aromatic N) is 3. The van der Waals surface area contributed by atoms with E-state index in [0.717, 1.165) is 7.05 Å². The van der Waals surface area contributed by atoms with Crippen LogP contribution >= 0.6 is 0 Å². The summed E-state index contributed by atoms with van der Waals surface area (Å²) in [6.45, 7) is -3.17. The monoisotopic (exact) mass is 467 g/mol. The fourth-order valence-electron chi connectivity index (χ4n) is 2.69. The molecule has 0 spiro atoms. The van der Waals surface area contributed by atoms with Crippen molar-refractivity contribution in [3.05, 3.63) is 53.7 Å². The number of nitriles is 1. The van der Waals surface area contributed by atoms with Gasteiger partial charge in [0, 0.05) is 18.8 Å². The number of carbonyl (C=O) groups is 2. The Labute approximate surface area is 182 Å². The van der Waals surface area contributed by atoms with Gasteiger partial charge in [0.2, 0.25) is 0 Å². The highest BCUT2D eigenvalue weighted by molar-refractivity contribution is 7.90. The van der Waals surface area contributed by atoms with Crippen molar-refractivity contribution in [2.45, 2.75) is 18.4 Å². The number of carbonyl (C=O) groups excluding carboxylic acids is 2. The molecule has 0 aliphatic rings. The Morgan fingerprint density at radius 2 is 1.97 bits per heavy atom. The Morgan fingerprint density at radius 3 is 2.59 bits per heavy atom. The van der Waals surface area contributed by atoms with Crippen LogP contribution in [0.25, 0.3) is 0 Å². The summed E-state index contributed by atoms with van der Waals surface area (Å²) in [6, 6.07) is 6.36. The Morgan fingerprint density at radius 1 is 1.28 bits per heavy atom. The smallest absolute Gasteiger partial charge is 0.387 e. The van der Waals surface area contributed by atoms with Crippen LogP contribution in [0.5, 0.6) is 5.75 Å². The number of benzene rings is 1. The third kappa shape index (κ3) is 6.61. The van der Waals surface area contributed by atoms with Gasteiger partial charge in [0.15, 0.2) is 16.0 Å². The van der Waals surface area contributed by atoms with Gasteiger partial charge in [0.1, 0.15) is 17.6 Å². The molecule has 2 aromatic rings. The maximum atomic E-state index is 12.8. The van der Waals surface area contributed by atoms with Crippen molar-refractivity contribution in [3.63, 3.8) is 0 Å². The first-order valence-corrected chi connectivity index (χ1v) is 10.8. The van der Waals surface area contributed by atoms with Crippen LogP contribution in [0, 0.1) is 11.5 Å². The molecule has 0 bridgehead atoms. The van der Waals surface area contributed by atoms with E-state index in [0.29, 0.717) is 4.90 Å². The minimum absolute atomic E-state index is 0.0598. The van der Waals surface area contributed by atoms with Crippen molar-refractivity contribution in [3.8, 4) is 11.9 Å². The molecule has 1 atom stereocenters. The zero-order chi connectivity index (χ0) is 23.9. The van der Waals surface area contributed by atoms with Crippen LogP contribution in [-0.2, 0) is 20.4 Å². The summed E-state index contributed by atoms with van der Waals surface area (Å²) in [4.78, 5) is 29.3. The first-order valence-electron chi connectivity index (χ1n) is 8.96. The quantitative estimate of drug-likeness (QED) is 0.407. The van der Waals surface area contributed by atoms with E-state index >= 15 is 0 Å². The van der Waals surface area contributed by atoms with Gasteiger partial charge in [-0.15, -0.1) is 0 Å². The fraction of sp³-hybridized carbons (Fsp3) is 0.263. The summed E-state index contributed by atoms with van der Waals surface area (Å²) >= 11 is 0. The Hall–Kier alpha value is -3.79. The van der Waals surface area contributed by atoms with E-state index in [1.165, 1.54) is 48.8 Å². The number of amides is 2. The molecule has 1 heterocycles. The van der Waals surface area contributed by atoms with E-state index in [1.54, 1.807) is 0 Å². The van der Waals surface area contributed by atoms with Crippen LogP contribution in [0.3, 0.4) is 0 Å². The van der Waals surface area contributed by atoms with Gasteiger partial charge in [0.25, 0.3) is 11.8 Å². The second-order valence-electron chi connectivity index (χ2n) is 6.50. The number of pyridine rings is 1. The minimum atomic E-state index is -4.16. The van der Waals surface area contributed by atoms with Crippen LogP contribution in [0.1, 0.15) is 15.9 Å². The van der Waals surface area contributed by atoms with Crippen LogP contribution in [0.2, 0.25) is 0 Å². The predicted octanol–water partition coefficient (Wildman–Crippen LogP) is 0.918. The summed E-state index contributed by atoms with van der Waals surface area (Å²) in [5, 5.41) is 11.2. The fourth-order valence-corrected chi connectivity index (χ4v) is 4.25. The number of anilines is 1. The van der Waals surface area contributed by atoms with Gasteiger partial charge in [0.05, 0.1) is 17.1 Å². The lowest BCUT2D eigenvalue weighted by atomic mass is 10.2. The minimum Gasteiger partial charge on any atom is -0.435 e. The molecular formula is C19H19F2N5O5S. The molecule has 3 N–H and O–H groups in total. The molecule has 170 valence electrons. The van der Waals surface area contributed by atoms with E-state index < -0.39 is 45.8 Å². The number of rotatable bonds is 9. The zero-order valence-corrected chi connectivity index (χ0v) is 17.6. The number of nitrogen functional groups attached to an aromatic ring is 1. The van der Waals surface area contributed by atoms with E-state index in [4.69, 9.17) is 11.0 Å². The molecule has 0 aliphatic heterocycles. The molecule has 13 heteroatoms. The molecule has 2 rings (SSSR count). The zero-order valence-electron chi connectivity index (χ0n) is 16.7. The molecule has 0 fully saturated rings. The first kappa shape index (κ1) is 24.5. The molecule has 1 aromatic heterocycles. The van der Waals surface area contributed by atoms with Crippen molar-refractivity contribution < 1.29 is 31.5 Å². The Bertz CT molecular complexity index is 1140. The predicted molar refractivity (Wildman–Crippen MR) is 109 cm³/mol. The van der Waals surface area contributed by atoms with Gasteiger partial charge in [-0.25, -0.2) is 13.4 Å².